The van der Waals surface area contributed by atoms with Gasteiger partial charge in [0.1, 0.15) is 0 Å². The molecule has 6 nitrogen and oxygen atoms in total. The van der Waals surface area contributed by atoms with Crippen LogP contribution in [0.5, 0.6) is 0 Å². The first-order valence-electron chi connectivity index (χ1n) is 7.78. The maximum absolute atomic E-state index is 11.8. The minimum atomic E-state index is -0.399. The lowest BCUT2D eigenvalue weighted by molar-refractivity contribution is -0.126. The molecule has 0 radical (unpaired) electrons. The van der Waals surface area contributed by atoms with E-state index in [1.165, 1.54) is 13.3 Å². The molecule has 0 aliphatic heterocycles. The molecule has 25 heavy (non-hydrogen) atoms. The molecule has 0 aliphatic rings. The van der Waals surface area contributed by atoms with Crippen LogP contribution in [0.15, 0.2) is 59.8 Å². The summed E-state index contributed by atoms with van der Waals surface area (Å²) in [6.45, 7) is 1.73. The highest BCUT2D eigenvalue weighted by Crippen LogP contribution is 2.10. The van der Waals surface area contributed by atoms with E-state index in [4.69, 9.17) is 4.84 Å². The van der Waals surface area contributed by atoms with Crippen molar-refractivity contribution in [2.24, 2.45) is 5.16 Å². The largest absolute Gasteiger partial charge is 0.465 e. The lowest BCUT2D eigenvalue weighted by Crippen LogP contribution is -2.29. The van der Waals surface area contributed by atoms with Gasteiger partial charge in [-0.25, -0.2) is 4.79 Å². The van der Waals surface area contributed by atoms with Gasteiger partial charge in [-0.05, 0) is 30.2 Å². The van der Waals surface area contributed by atoms with E-state index in [-0.39, 0.29) is 18.6 Å². The Kier molecular flexibility index (Phi) is 6.71. The molecule has 0 spiro atoms. The predicted molar refractivity (Wildman–Crippen MR) is 94.3 cm³/mol. The fraction of sp³-hybridized carbons (Fsp3) is 0.211. The van der Waals surface area contributed by atoms with Crippen LogP contribution in [-0.4, -0.2) is 31.8 Å². The van der Waals surface area contributed by atoms with E-state index in [2.05, 4.69) is 15.2 Å². The number of carbonyl (C=O) groups excluding carboxylic acids is 2. The predicted octanol–water partition coefficient (Wildman–Crippen LogP) is 2.70. The third-order valence-electron chi connectivity index (χ3n) is 3.48. The topological polar surface area (TPSA) is 77.0 Å². The SMILES string of the molecule is COC(=O)c1ccc(/C=N/OCC(=O)NC(C)c2ccccc2)cc1. The number of benzene rings is 2. The first kappa shape index (κ1) is 18.2. The summed E-state index contributed by atoms with van der Waals surface area (Å²) in [5.41, 5.74) is 2.21. The van der Waals surface area contributed by atoms with Gasteiger partial charge in [0, 0.05) is 0 Å². The lowest BCUT2D eigenvalue weighted by atomic mass is 10.1. The molecular weight excluding hydrogens is 320 g/mol. The van der Waals surface area contributed by atoms with E-state index < -0.39 is 5.97 Å². The van der Waals surface area contributed by atoms with Crippen molar-refractivity contribution in [2.75, 3.05) is 13.7 Å². The monoisotopic (exact) mass is 340 g/mol. The van der Waals surface area contributed by atoms with Crippen LogP contribution in [0, 0.1) is 0 Å². The molecule has 0 aliphatic carbocycles. The van der Waals surface area contributed by atoms with Crippen molar-refractivity contribution < 1.29 is 19.2 Å². The molecule has 1 amide bonds. The summed E-state index contributed by atoms with van der Waals surface area (Å²) in [6.07, 6.45) is 1.47. The van der Waals surface area contributed by atoms with Crippen LogP contribution in [0.1, 0.15) is 34.5 Å². The standard InChI is InChI=1S/C19H20N2O4/c1-14(16-6-4-3-5-7-16)21-18(22)13-25-20-12-15-8-10-17(11-9-15)19(23)24-2/h3-12,14H,13H2,1-2H3,(H,21,22)/b20-12+. The number of esters is 1. The number of ether oxygens (including phenoxy) is 1. The van der Waals surface area contributed by atoms with Crippen LogP contribution < -0.4 is 5.32 Å². The van der Waals surface area contributed by atoms with Crippen LogP contribution >= 0.6 is 0 Å². The molecule has 0 heterocycles. The summed E-state index contributed by atoms with van der Waals surface area (Å²) in [5.74, 6) is -0.654. The number of methoxy groups -OCH3 is 1. The van der Waals surface area contributed by atoms with Crippen molar-refractivity contribution in [1.82, 2.24) is 5.32 Å². The van der Waals surface area contributed by atoms with Gasteiger partial charge < -0.3 is 14.9 Å². The van der Waals surface area contributed by atoms with Gasteiger partial charge in [0.25, 0.3) is 5.91 Å². The van der Waals surface area contributed by atoms with E-state index in [0.29, 0.717) is 5.56 Å². The summed E-state index contributed by atoms with van der Waals surface area (Å²) in [5, 5.41) is 6.59. The normalized spacial score (nSPS) is 11.8. The summed E-state index contributed by atoms with van der Waals surface area (Å²) in [7, 11) is 1.33. The summed E-state index contributed by atoms with van der Waals surface area (Å²) >= 11 is 0. The second-order valence-electron chi connectivity index (χ2n) is 5.32. The molecule has 1 N–H and O–H groups in total. The minimum Gasteiger partial charge on any atom is -0.465 e. The Labute approximate surface area is 146 Å². The number of hydrogen-bond acceptors (Lipinski definition) is 5. The first-order valence-corrected chi connectivity index (χ1v) is 7.78. The summed E-state index contributed by atoms with van der Waals surface area (Å²) in [4.78, 5) is 28.2. The Balaban J connectivity index is 1.77. The van der Waals surface area contributed by atoms with E-state index >= 15 is 0 Å². The van der Waals surface area contributed by atoms with E-state index in [1.807, 2.05) is 37.3 Å². The third-order valence-corrected chi connectivity index (χ3v) is 3.48. The van der Waals surface area contributed by atoms with E-state index in [1.54, 1.807) is 24.3 Å². The zero-order valence-corrected chi connectivity index (χ0v) is 14.1. The van der Waals surface area contributed by atoms with Gasteiger partial charge in [0.2, 0.25) is 0 Å². The first-order chi connectivity index (χ1) is 12.1. The molecule has 6 heteroatoms. The molecule has 1 atom stereocenters. The average Bonchev–Trinajstić information content (AvgIpc) is 2.65. The van der Waals surface area contributed by atoms with Crippen LogP contribution in [0.25, 0.3) is 0 Å². The third kappa shape index (κ3) is 5.76. The second kappa shape index (κ2) is 9.22. The van der Waals surface area contributed by atoms with E-state index in [9.17, 15) is 9.59 Å². The zero-order chi connectivity index (χ0) is 18.1. The molecule has 2 aromatic carbocycles. The maximum atomic E-state index is 11.8. The molecular formula is C19H20N2O4. The number of rotatable bonds is 7. The van der Waals surface area contributed by atoms with Gasteiger partial charge in [-0.3, -0.25) is 4.79 Å². The van der Waals surface area contributed by atoms with Crippen LogP contribution in [0.2, 0.25) is 0 Å². The van der Waals surface area contributed by atoms with Crippen molar-refractivity contribution in [3.05, 3.63) is 71.3 Å². The average molecular weight is 340 g/mol. The smallest absolute Gasteiger partial charge is 0.337 e. The van der Waals surface area contributed by atoms with Gasteiger partial charge in [0.15, 0.2) is 6.61 Å². The van der Waals surface area contributed by atoms with Crippen LogP contribution in [0.4, 0.5) is 0 Å². The number of oxime groups is 1. The fourth-order valence-electron chi connectivity index (χ4n) is 2.13. The van der Waals surface area contributed by atoms with Gasteiger partial charge >= 0.3 is 5.97 Å². The molecule has 2 aromatic rings. The number of carbonyl (C=O) groups is 2. The van der Waals surface area contributed by atoms with Crippen LogP contribution in [0.3, 0.4) is 0 Å². The molecule has 130 valence electrons. The lowest BCUT2D eigenvalue weighted by Gasteiger charge is -2.13. The van der Waals surface area contributed by atoms with Gasteiger partial charge in [-0.15, -0.1) is 0 Å². The summed E-state index contributed by atoms with van der Waals surface area (Å²) in [6, 6.07) is 16.2. The van der Waals surface area contributed by atoms with Crippen LogP contribution in [-0.2, 0) is 14.4 Å². The van der Waals surface area contributed by atoms with Crippen molar-refractivity contribution in [1.29, 1.82) is 0 Å². The minimum absolute atomic E-state index is 0.104. The Morgan fingerprint density at radius 1 is 1.12 bits per heavy atom. The highest BCUT2D eigenvalue weighted by Gasteiger charge is 2.09. The number of nitrogens with one attached hydrogen (secondary N) is 1. The highest BCUT2D eigenvalue weighted by atomic mass is 16.6. The quantitative estimate of drug-likeness (QED) is 0.478. The molecule has 2 rings (SSSR count). The Hall–Kier alpha value is -3.15. The van der Waals surface area contributed by atoms with Crippen molar-refractivity contribution in [3.8, 4) is 0 Å². The Bertz CT molecular complexity index is 727. The fourth-order valence-corrected chi connectivity index (χ4v) is 2.13. The molecule has 0 bridgehead atoms. The van der Waals surface area contributed by atoms with Gasteiger partial charge in [-0.2, -0.15) is 0 Å². The van der Waals surface area contributed by atoms with Crippen molar-refractivity contribution in [3.63, 3.8) is 0 Å². The zero-order valence-electron chi connectivity index (χ0n) is 14.1. The number of hydrogen-bond donors (Lipinski definition) is 1. The van der Waals surface area contributed by atoms with E-state index in [0.717, 1.165) is 11.1 Å². The molecule has 0 fully saturated rings. The Morgan fingerprint density at radius 3 is 2.44 bits per heavy atom. The Morgan fingerprint density at radius 2 is 1.80 bits per heavy atom. The highest BCUT2D eigenvalue weighted by molar-refractivity contribution is 5.90. The molecule has 0 saturated heterocycles. The molecule has 1 unspecified atom stereocenters. The number of amides is 1. The van der Waals surface area contributed by atoms with Crippen molar-refractivity contribution in [2.45, 2.75) is 13.0 Å². The van der Waals surface area contributed by atoms with Gasteiger partial charge in [-0.1, -0.05) is 47.6 Å². The van der Waals surface area contributed by atoms with Gasteiger partial charge in [0.05, 0.1) is 24.9 Å². The van der Waals surface area contributed by atoms with Crippen molar-refractivity contribution >= 4 is 18.1 Å². The summed E-state index contributed by atoms with van der Waals surface area (Å²) < 4.78 is 4.62. The maximum Gasteiger partial charge on any atom is 0.337 e. The molecule has 0 saturated carbocycles. The molecule has 0 aromatic heterocycles. The second-order valence-corrected chi connectivity index (χ2v) is 5.32. The number of nitrogens with zero attached hydrogens (tertiary/aromatic N) is 1.